The Kier molecular flexibility index (Phi) is 4.79. The lowest BCUT2D eigenvalue weighted by Gasteiger charge is -2.15. The minimum absolute atomic E-state index is 0.0857. The number of para-hydroxylation sites is 1. The van der Waals surface area contributed by atoms with Gasteiger partial charge in [0.05, 0.1) is 5.92 Å². The second-order valence-electron chi connectivity index (χ2n) is 4.79. The fourth-order valence-electron chi connectivity index (χ4n) is 1.72. The zero-order chi connectivity index (χ0) is 16.2. The number of halogens is 3. The molecule has 0 saturated carbocycles. The summed E-state index contributed by atoms with van der Waals surface area (Å²) in [4.78, 5) is 12.1. The summed E-state index contributed by atoms with van der Waals surface area (Å²) in [6.45, 7) is 1.10. The van der Waals surface area contributed by atoms with E-state index in [1.807, 2.05) is 18.2 Å². The number of hydrogen-bond acceptors (Lipinski definition) is 5. The van der Waals surface area contributed by atoms with Gasteiger partial charge in [-0.05, 0) is 12.1 Å². The molecule has 1 atom stereocenters. The Morgan fingerprint density at radius 2 is 1.68 bits per heavy atom. The smallest absolute Gasteiger partial charge is 0.357 e. The second-order valence-corrected chi connectivity index (χ2v) is 4.79. The van der Waals surface area contributed by atoms with Crippen LogP contribution in [0.1, 0.15) is 12.7 Å². The maximum Gasteiger partial charge on any atom is 0.391 e. The van der Waals surface area contributed by atoms with Crippen LogP contribution in [-0.4, -0.2) is 28.2 Å². The molecule has 0 amide bonds. The minimum Gasteiger partial charge on any atom is -0.357 e. The zero-order valence-corrected chi connectivity index (χ0v) is 12.1. The van der Waals surface area contributed by atoms with Crippen molar-refractivity contribution < 1.29 is 13.2 Å². The summed E-state index contributed by atoms with van der Waals surface area (Å²) >= 11 is 0. The maximum absolute atomic E-state index is 12.7. The molecule has 1 unspecified atom stereocenters. The number of nitrogens with zero attached hydrogens (tertiary/aromatic N) is 3. The fourth-order valence-corrected chi connectivity index (χ4v) is 1.72. The van der Waals surface area contributed by atoms with Crippen molar-refractivity contribution in [3.8, 4) is 0 Å². The summed E-state index contributed by atoms with van der Waals surface area (Å²) in [7, 11) is 1.60. The molecule has 1 aromatic heterocycles. The number of rotatable bonds is 5. The molecule has 1 heterocycles. The van der Waals surface area contributed by atoms with Crippen LogP contribution >= 0.6 is 0 Å². The Hall–Kier alpha value is -2.38. The summed E-state index contributed by atoms with van der Waals surface area (Å²) < 4.78 is 38.0. The monoisotopic (exact) mass is 311 g/mol. The summed E-state index contributed by atoms with van der Waals surface area (Å²) in [6, 6.07) is 9.13. The molecule has 0 fully saturated rings. The van der Waals surface area contributed by atoms with E-state index in [0.717, 1.165) is 12.6 Å². The highest BCUT2D eigenvalue weighted by atomic mass is 19.4. The number of alkyl halides is 3. The van der Waals surface area contributed by atoms with Crippen molar-refractivity contribution in [2.24, 2.45) is 5.92 Å². The molecule has 22 heavy (non-hydrogen) atoms. The van der Waals surface area contributed by atoms with Crippen LogP contribution in [0.15, 0.2) is 30.3 Å². The van der Waals surface area contributed by atoms with Crippen molar-refractivity contribution in [3.63, 3.8) is 0 Å². The second kappa shape index (κ2) is 6.59. The first-order valence-corrected chi connectivity index (χ1v) is 6.70. The average Bonchev–Trinajstić information content (AvgIpc) is 2.47. The van der Waals surface area contributed by atoms with E-state index in [1.165, 1.54) is 0 Å². The highest BCUT2D eigenvalue weighted by Crippen LogP contribution is 2.28. The van der Waals surface area contributed by atoms with Crippen LogP contribution in [0.4, 0.5) is 30.8 Å². The van der Waals surface area contributed by atoms with Crippen LogP contribution in [0.3, 0.4) is 0 Å². The molecule has 0 saturated heterocycles. The third-order valence-corrected chi connectivity index (χ3v) is 2.98. The SMILES string of the molecule is CNc1nc(CC(C)C(F)(F)F)nc(Nc2ccccc2)n1. The van der Waals surface area contributed by atoms with Crippen LogP contribution in [0, 0.1) is 5.92 Å². The molecule has 0 bridgehead atoms. The molecule has 0 spiro atoms. The van der Waals surface area contributed by atoms with Crippen molar-refractivity contribution in [1.82, 2.24) is 15.0 Å². The van der Waals surface area contributed by atoms with Gasteiger partial charge < -0.3 is 10.6 Å². The molecule has 5 nitrogen and oxygen atoms in total. The predicted octanol–water partition coefficient (Wildman–Crippen LogP) is 3.40. The molecule has 0 aliphatic carbocycles. The van der Waals surface area contributed by atoms with E-state index >= 15 is 0 Å². The van der Waals surface area contributed by atoms with Crippen LogP contribution in [0.25, 0.3) is 0 Å². The maximum atomic E-state index is 12.7. The van der Waals surface area contributed by atoms with Crippen molar-refractivity contribution >= 4 is 17.6 Å². The van der Waals surface area contributed by atoms with Gasteiger partial charge in [-0.2, -0.15) is 28.1 Å². The summed E-state index contributed by atoms with van der Waals surface area (Å²) in [6.07, 6.45) is -4.58. The molecule has 0 aliphatic rings. The first kappa shape index (κ1) is 16.0. The van der Waals surface area contributed by atoms with Gasteiger partial charge in [-0.1, -0.05) is 25.1 Å². The van der Waals surface area contributed by atoms with Crippen molar-refractivity contribution in [1.29, 1.82) is 0 Å². The normalized spacial score (nSPS) is 12.8. The van der Waals surface area contributed by atoms with E-state index in [0.29, 0.717) is 0 Å². The number of hydrogen-bond donors (Lipinski definition) is 2. The van der Waals surface area contributed by atoms with E-state index in [4.69, 9.17) is 0 Å². The van der Waals surface area contributed by atoms with E-state index in [2.05, 4.69) is 25.6 Å². The molecule has 118 valence electrons. The van der Waals surface area contributed by atoms with Gasteiger partial charge >= 0.3 is 6.18 Å². The molecule has 2 N–H and O–H groups in total. The quantitative estimate of drug-likeness (QED) is 0.886. The Morgan fingerprint density at radius 3 is 2.27 bits per heavy atom. The molecule has 0 radical (unpaired) electrons. The van der Waals surface area contributed by atoms with Gasteiger partial charge in [-0.15, -0.1) is 0 Å². The summed E-state index contributed by atoms with van der Waals surface area (Å²) in [5.41, 5.74) is 0.741. The molecule has 0 aliphatic heterocycles. The van der Waals surface area contributed by atoms with E-state index in [1.54, 1.807) is 19.2 Å². The van der Waals surface area contributed by atoms with E-state index < -0.39 is 12.1 Å². The van der Waals surface area contributed by atoms with Crippen LogP contribution in [0.2, 0.25) is 0 Å². The first-order chi connectivity index (χ1) is 10.4. The van der Waals surface area contributed by atoms with Gasteiger partial charge in [0.15, 0.2) is 0 Å². The standard InChI is InChI=1S/C14H16F3N5/c1-9(14(15,16)17)8-11-20-12(18-2)22-13(21-11)19-10-6-4-3-5-7-10/h3-7,9H,8H2,1-2H3,(H2,18,19,20,21,22). The molecule has 2 rings (SSSR count). The Morgan fingerprint density at radius 1 is 1.05 bits per heavy atom. The molecular weight excluding hydrogens is 295 g/mol. The molecule has 1 aromatic carbocycles. The van der Waals surface area contributed by atoms with E-state index in [-0.39, 0.29) is 24.1 Å². The topological polar surface area (TPSA) is 62.7 Å². The lowest BCUT2D eigenvalue weighted by atomic mass is 10.1. The van der Waals surface area contributed by atoms with Gasteiger partial charge in [0.1, 0.15) is 5.82 Å². The largest absolute Gasteiger partial charge is 0.391 e. The minimum atomic E-state index is -4.28. The molecule has 8 heteroatoms. The summed E-state index contributed by atoms with van der Waals surface area (Å²) in [5.74, 6) is -1.01. The van der Waals surface area contributed by atoms with Gasteiger partial charge in [0.2, 0.25) is 11.9 Å². The third-order valence-electron chi connectivity index (χ3n) is 2.98. The Labute approximate surface area is 126 Å². The fraction of sp³-hybridized carbons (Fsp3) is 0.357. The number of nitrogens with one attached hydrogen (secondary N) is 2. The average molecular weight is 311 g/mol. The zero-order valence-electron chi connectivity index (χ0n) is 12.1. The Balaban J connectivity index is 2.22. The highest BCUT2D eigenvalue weighted by molar-refractivity contribution is 5.53. The van der Waals surface area contributed by atoms with Gasteiger partial charge in [0, 0.05) is 19.2 Å². The first-order valence-electron chi connectivity index (χ1n) is 6.70. The van der Waals surface area contributed by atoms with E-state index in [9.17, 15) is 13.2 Å². The van der Waals surface area contributed by atoms with Crippen molar-refractivity contribution in [3.05, 3.63) is 36.2 Å². The van der Waals surface area contributed by atoms with Gasteiger partial charge in [-0.3, -0.25) is 0 Å². The number of benzene rings is 1. The van der Waals surface area contributed by atoms with Gasteiger partial charge in [0.25, 0.3) is 0 Å². The molecular formula is C14H16F3N5. The van der Waals surface area contributed by atoms with Crippen LogP contribution in [0.5, 0.6) is 0 Å². The molecule has 2 aromatic rings. The summed E-state index contributed by atoms with van der Waals surface area (Å²) in [5, 5.41) is 5.67. The Bertz CT molecular complexity index is 616. The third kappa shape index (κ3) is 4.31. The van der Waals surface area contributed by atoms with Crippen LogP contribution in [-0.2, 0) is 6.42 Å². The van der Waals surface area contributed by atoms with Gasteiger partial charge in [-0.25, -0.2) is 0 Å². The lowest BCUT2D eigenvalue weighted by Crippen LogP contribution is -2.23. The number of anilines is 3. The van der Waals surface area contributed by atoms with Crippen molar-refractivity contribution in [2.75, 3.05) is 17.7 Å². The number of aromatic nitrogens is 3. The highest BCUT2D eigenvalue weighted by Gasteiger charge is 2.36. The predicted molar refractivity (Wildman–Crippen MR) is 78.0 cm³/mol. The van der Waals surface area contributed by atoms with Crippen LogP contribution < -0.4 is 10.6 Å². The van der Waals surface area contributed by atoms with Crippen molar-refractivity contribution in [2.45, 2.75) is 19.5 Å². The lowest BCUT2D eigenvalue weighted by molar-refractivity contribution is -0.169.